The summed E-state index contributed by atoms with van der Waals surface area (Å²) in [4.78, 5) is 29.5. The first-order valence-corrected chi connectivity index (χ1v) is 9.64. The largest absolute Gasteiger partial charge is 0.471 e. The Morgan fingerprint density at radius 1 is 1.03 bits per heavy atom. The van der Waals surface area contributed by atoms with Crippen molar-refractivity contribution in [3.63, 3.8) is 0 Å². The van der Waals surface area contributed by atoms with E-state index in [1.165, 1.54) is 36.7 Å². The van der Waals surface area contributed by atoms with Crippen LogP contribution in [0, 0.1) is 5.82 Å². The van der Waals surface area contributed by atoms with E-state index in [0.29, 0.717) is 12.8 Å². The predicted octanol–water partition coefficient (Wildman–Crippen LogP) is 4.31. The zero-order chi connectivity index (χ0) is 21.7. The van der Waals surface area contributed by atoms with Gasteiger partial charge in [-0.15, -0.1) is 0 Å². The molecule has 1 unspecified atom stereocenters. The zero-order valence-electron chi connectivity index (χ0n) is 16.0. The van der Waals surface area contributed by atoms with E-state index in [1.807, 2.05) is 0 Å². The Bertz CT molecular complexity index is 883. The van der Waals surface area contributed by atoms with Crippen molar-refractivity contribution in [3.05, 3.63) is 60.2 Å². The van der Waals surface area contributed by atoms with Crippen molar-refractivity contribution in [3.8, 4) is 0 Å². The number of alkyl halides is 3. The minimum Gasteiger partial charge on any atom is -0.351 e. The van der Waals surface area contributed by atoms with Gasteiger partial charge < -0.3 is 5.32 Å². The van der Waals surface area contributed by atoms with Crippen LogP contribution < -0.4 is 10.2 Å². The van der Waals surface area contributed by atoms with E-state index in [0.717, 1.165) is 31.4 Å². The first kappa shape index (κ1) is 21.7. The van der Waals surface area contributed by atoms with E-state index in [4.69, 9.17) is 0 Å². The first-order chi connectivity index (χ1) is 14.3. The Kier molecular flexibility index (Phi) is 6.69. The molecule has 0 aliphatic heterocycles. The average molecular weight is 423 g/mol. The van der Waals surface area contributed by atoms with Gasteiger partial charge >= 0.3 is 12.1 Å². The third kappa shape index (κ3) is 4.95. The lowest BCUT2D eigenvalue weighted by atomic mass is 9.94. The zero-order valence-corrected chi connectivity index (χ0v) is 16.0. The molecular formula is C21H21F4N3O2. The molecule has 9 heteroatoms. The van der Waals surface area contributed by atoms with Gasteiger partial charge in [-0.25, -0.2) is 4.39 Å². The van der Waals surface area contributed by atoms with Gasteiger partial charge in [0.1, 0.15) is 11.9 Å². The molecule has 1 aromatic carbocycles. The number of halogens is 4. The summed E-state index contributed by atoms with van der Waals surface area (Å²) in [6.45, 7) is 0. The Hall–Kier alpha value is -2.97. The van der Waals surface area contributed by atoms with Crippen LogP contribution in [0.4, 0.5) is 23.2 Å². The first-order valence-electron chi connectivity index (χ1n) is 9.64. The second-order valence-corrected chi connectivity index (χ2v) is 7.15. The summed E-state index contributed by atoms with van der Waals surface area (Å²) in [5.74, 6) is -4.17. The lowest BCUT2D eigenvalue weighted by Crippen LogP contribution is -2.51. The number of nitrogens with one attached hydrogen (secondary N) is 1. The number of hydrogen-bond donors (Lipinski definition) is 1. The molecule has 160 valence electrons. The van der Waals surface area contributed by atoms with Gasteiger partial charge in [0.25, 0.3) is 0 Å². The number of amides is 2. The van der Waals surface area contributed by atoms with Crippen molar-refractivity contribution in [2.75, 3.05) is 4.90 Å². The normalized spacial score (nSPS) is 16.0. The van der Waals surface area contributed by atoms with Gasteiger partial charge in [-0.05, 0) is 42.7 Å². The van der Waals surface area contributed by atoms with Gasteiger partial charge in [-0.3, -0.25) is 19.5 Å². The highest BCUT2D eigenvalue weighted by atomic mass is 19.4. The maximum absolute atomic E-state index is 14.5. The number of carbonyl (C=O) groups is 2. The molecule has 2 aromatic rings. The number of para-hydroxylation sites is 1. The Labute approximate surface area is 171 Å². The lowest BCUT2D eigenvalue weighted by molar-refractivity contribution is -0.171. The summed E-state index contributed by atoms with van der Waals surface area (Å²) >= 11 is 0. The second kappa shape index (κ2) is 9.23. The Morgan fingerprint density at radius 3 is 2.27 bits per heavy atom. The number of anilines is 1. The molecule has 0 spiro atoms. The molecule has 0 saturated heterocycles. The fraction of sp³-hybridized carbons (Fsp3) is 0.381. The van der Waals surface area contributed by atoms with Gasteiger partial charge in [0.2, 0.25) is 5.91 Å². The Morgan fingerprint density at radius 2 is 1.67 bits per heavy atom. The monoisotopic (exact) mass is 423 g/mol. The molecular weight excluding hydrogens is 402 g/mol. The number of carbonyl (C=O) groups excluding carboxylic acids is 2. The molecule has 1 heterocycles. The third-order valence-corrected chi connectivity index (χ3v) is 5.05. The van der Waals surface area contributed by atoms with Gasteiger partial charge in [-0.1, -0.05) is 31.4 Å². The molecule has 5 nitrogen and oxygen atoms in total. The van der Waals surface area contributed by atoms with Crippen molar-refractivity contribution < 1.29 is 27.2 Å². The molecule has 1 saturated carbocycles. The molecule has 1 fully saturated rings. The van der Waals surface area contributed by atoms with E-state index in [-0.39, 0.29) is 16.5 Å². The number of aromatic nitrogens is 1. The molecule has 0 bridgehead atoms. The molecule has 1 N–H and O–H groups in total. The number of benzene rings is 1. The lowest BCUT2D eigenvalue weighted by Gasteiger charge is -2.33. The SMILES string of the molecule is O=C(NC1CCCCC1)C(c1ccncc1)N(C(=O)C(F)(F)F)c1ccccc1F. The topological polar surface area (TPSA) is 62.3 Å². The summed E-state index contributed by atoms with van der Waals surface area (Å²) in [6, 6.07) is 5.33. The molecule has 1 aliphatic carbocycles. The highest BCUT2D eigenvalue weighted by Crippen LogP contribution is 2.34. The van der Waals surface area contributed by atoms with Gasteiger partial charge in [0.05, 0.1) is 5.69 Å². The summed E-state index contributed by atoms with van der Waals surface area (Å²) in [7, 11) is 0. The summed E-state index contributed by atoms with van der Waals surface area (Å²) in [5.41, 5.74) is -0.528. The van der Waals surface area contributed by atoms with E-state index >= 15 is 0 Å². The highest BCUT2D eigenvalue weighted by molar-refractivity contribution is 6.03. The van der Waals surface area contributed by atoms with E-state index in [2.05, 4.69) is 10.3 Å². The van der Waals surface area contributed by atoms with Crippen LogP contribution in [0.2, 0.25) is 0 Å². The maximum atomic E-state index is 14.5. The van der Waals surface area contributed by atoms with Crippen LogP contribution in [0.15, 0.2) is 48.8 Å². The molecule has 0 radical (unpaired) electrons. The van der Waals surface area contributed by atoms with Crippen LogP contribution in [0.25, 0.3) is 0 Å². The van der Waals surface area contributed by atoms with Crippen LogP contribution in [0.1, 0.15) is 43.7 Å². The third-order valence-electron chi connectivity index (χ3n) is 5.05. The fourth-order valence-corrected chi connectivity index (χ4v) is 3.64. The van der Waals surface area contributed by atoms with Crippen molar-refractivity contribution >= 4 is 17.5 Å². The molecule has 30 heavy (non-hydrogen) atoms. The smallest absolute Gasteiger partial charge is 0.351 e. The summed E-state index contributed by atoms with van der Waals surface area (Å²) in [5, 5.41) is 2.75. The van der Waals surface area contributed by atoms with Crippen LogP contribution in [-0.4, -0.2) is 29.0 Å². The quantitative estimate of drug-likeness (QED) is 0.730. The molecule has 2 amide bonds. The molecule has 1 atom stereocenters. The van der Waals surface area contributed by atoms with Crippen LogP contribution in [0.3, 0.4) is 0 Å². The van der Waals surface area contributed by atoms with Crippen molar-refractivity contribution in [2.24, 2.45) is 0 Å². The molecule has 1 aromatic heterocycles. The highest BCUT2D eigenvalue weighted by Gasteiger charge is 2.48. The van der Waals surface area contributed by atoms with Crippen molar-refractivity contribution in [2.45, 2.75) is 50.4 Å². The van der Waals surface area contributed by atoms with Gasteiger partial charge in [0, 0.05) is 18.4 Å². The molecule has 3 rings (SSSR count). The van der Waals surface area contributed by atoms with Gasteiger partial charge in [0.15, 0.2) is 0 Å². The van der Waals surface area contributed by atoms with Gasteiger partial charge in [-0.2, -0.15) is 13.2 Å². The maximum Gasteiger partial charge on any atom is 0.471 e. The fourth-order valence-electron chi connectivity index (χ4n) is 3.64. The van der Waals surface area contributed by atoms with Crippen molar-refractivity contribution in [1.29, 1.82) is 0 Å². The predicted molar refractivity (Wildman–Crippen MR) is 102 cm³/mol. The van der Waals surface area contributed by atoms with E-state index < -0.39 is 35.5 Å². The minimum absolute atomic E-state index is 0.0964. The number of nitrogens with zero attached hydrogens (tertiary/aromatic N) is 2. The van der Waals surface area contributed by atoms with Crippen LogP contribution in [0.5, 0.6) is 0 Å². The second-order valence-electron chi connectivity index (χ2n) is 7.15. The number of rotatable bonds is 5. The standard InChI is InChI=1S/C21H21F4N3O2/c22-16-8-4-5-9-17(16)28(20(30)21(23,24)25)18(14-10-12-26-13-11-14)19(29)27-15-6-2-1-3-7-15/h4-5,8-13,15,18H,1-3,6-7H2,(H,27,29). The number of hydrogen-bond acceptors (Lipinski definition) is 3. The van der Waals surface area contributed by atoms with Crippen LogP contribution >= 0.6 is 0 Å². The number of pyridine rings is 1. The van der Waals surface area contributed by atoms with E-state index in [9.17, 15) is 27.2 Å². The Balaban J connectivity index is 2.08. The van der Waals surface area contributed by atoms with E-state index in [1.54, 1.807) is 0 Å². The summed E-state index contributed by atoms with van der Waals surface area (Å²) < 4.78 is 54.9. The van der Waals surface area contributed by atoms with Crippen LogP contribution in [-0.2, 0) is 9.59 Å². The van der Waals surface area contributed by atoms with Crippen molar-refractivity contribution in [1.82, 2.24) is 10.3 Å². The average Bonchev–Trinajstić information content (AvgIpc) is 2.73. The molecule has 1 aliphatic rings. The minimum atomic E-state index is -5.31. The summed E-state index contributed by atoms with van der Waals surface area (Å²) in [6.07, 6.45) is 1.49.